The first-order valence-electron chi connectivity index (χ1n) is 7.03. The van der Waals surface area contributed by atoms with Crippen molar-refractivity contribution in [3.63, 3.8) is 0 Å². The van der Waals surface area contributed by atoms with E-state index in [1.54, 1.807) is 6.92 Å². The molecule has 22 heavy (non-hydrogen) atoms. The third-order valence-electron chi connectivity index (χ3n) is 3.87. The number of fused-ring (bicyclic) bond motifs is 1. The van der Waals surface area contributed by atoms with Crippen molar-refractivity contribution in [2.24, 2.45) is 0 Å². The van der Waals surface area contributed by atoms with Crippen LogP contribution >= 0.6 is 11.8 Å². The van der Waals surface area contributed by atoms with Gasteiger partial charge in [-0.2, -0.15) is 29.4 Å². The Labute approximate surface area is 129 Å². The minimum absolute atomic E-state index is 0.144. The van der Waals surface area contributed by atoms with E-state index in [1.807, 2.05) is 18.7 Å². The summed E-state index contributed by atoms with van der Waals surface area (Å²) in [5.74, 6) is 0.507. The number of rotatable bonds is 3. The Kier molecular flexibility index (Phi) is 3.92. The maximum absolute atomic E-state index is 13.0. The summed E-state index contributed by atoms with van der Waals surface area (Å²) in [6.07, 6.45) is -2.27. The van der Waals surface area contributed by atoms with Crippen molar-refractivity contribution < 1.29 is 13.2 Å². The lowest BCUT2D eigenvalue weighted by Crippen LogP contribution is -2.18. The van der Waals surface area contributed by atoms with E-state index in [1.165, 1.54) is 6.42 Å². The van der Waals surface area contributed by atoms with Crippen LogP contribution in [-0.4, -0.2) is 37.4 Å². The highest BCUT2D eigenvalue weighted by molar-refractivity contribution is 8.00. The second kappa shape index (κ2) is 5.60. The molecule has 1 aliphatic rings. The van der Waals surface area contributed by atoms with Gasteiger partial charge in [-0.1, -0.05) is 0 Å². The van der Waals surface area contributed by atoms with E-state index in [9.17, 15) is 13.2 Å². The molecule has 3 heterocycles. The van der Waals surface area contributed by atoms with Gasteiger partial charge in [0.05, 0.1) is 0 Å². The molecule has 2 aromatic heterocycles. The molecule has 1 aliphatic heterocycles. The Morgan fingerprint density at radius 3 is 2.68 bits per heavy atom. The summed E-state index contributed by atoms with van der Waals surface area (Å²) >= 11 is 1.88. The molecule has 2 aromatic rings. The first-order chi connectivity index (χ1) is 10.4. The molecule has 9 heteroatoms. The SMILES string of the molecule is Cc1c(NC[C@H]2CCCS2)nn2c(C(F)(F)F)nnc2c1C. The fourth-order valence-electron chi connectivity index (χ4n) is 2.49. The first-order valence-corrected chi connectivity index (χ1v) is 8.08. The van der Waals surface area contributed by atoms with Crippen LogP contribution in [-0.2, 0) is 6.18 Å². The van der Waals surface area contributed by atoms with Gasteiger partial charge in [0, 0.05) is 17.4 Å². The van der Waals surface area contributed by atoms with Crippen molar-refractivity contribution in [1.82, 2.24) is 19.8 Å². The lowest BCUT2D eigenvalue weighted by molar-refractivity contribution is -0.146. The summed E-state index contributed by atoms with van der Waals surface area (Å²) in [5.41, 5.74) is 1.60. The Morgan fingerprint density at radius 2 is 2.05 bits per heavy atom. The summed E-state index contributed by atoms with van der Waals surface area (Å²) in [6, 6.07) is 0. The number of anilines is 1. The molecule has 5 nitrogen and oxygen atoms in total. The molecule has 1 atom stereocenters. The Bertz CT molecular complexity index is 691. The van der Waals surface area contributed by atoms with Crippen LogP contribution < -0.4 is 5.32 Å². The van der Waals surface area contributed by atoms with Gasteiger partial charge in [-0.3, -0.25) is 0 Å². The summed E-state index contributed by atoms with van der Waals surface area (Å²) in [4.78, 5) is 0. The molecule has 0 aromatic carbocycles. The normalized spacial score (nSPS) is 19.0. The van der Waals surface area contributed by atoms with E-state index < -0.39 is 12.0 Å². The molecular formula is C13H16F3N5S. The zero-order valence-corrected chi connectivity index (χ0v) is 13.1. The number of aryl methyl sites for hydroxylation is 1. The number of halogens is 3. The molecule has 0 bridgehead atoms. The Balaban J connectivity index is 1.97. The van der Waals surface area contributed by atoms with Gasteiger partial charge in [-0.15, -0.1) is 15.3 Å². The van der Waals surface area contributed by atoms with Crippen molar-refractivity contribution in [2.75, 3.05) is 17.6 Å². The predicted molar refractivity (Wildman–Crippen MR) is 79.2 cm³/mol. The summed E-state index contributed by atoms with van der Waals surface area (Å²) in [6.45, 7) is 4.26. The van der Waals surface area contributed by atoms with Gasteiger partial charge in [-0.25, -0.2) is 0 Å². The zero-order valence-electron chi connectivity index (χ0n) is 12.2. The van der Waals surface area contributed by atoms with Crippen molar-refractivity contribution in [2.45, 2.75) is 38.1 Å². The Morgan fingerprint density at radius 1 is 1.27 bits per heavy atom. The van der Waals surface area contributed by atoms with Crippen LogP contribution in [0.3, 0.4) is 0 Å². The van der Waals surface area contributed by atoms with E-state index in [0.717, 1.165) is 22.3 Å². The number of aromatic nitrogens is 4. The average Bonchev–Trinajstić information content (AvgIpc) is 3.09. The minimum atomic E-state index is -4.58. The van der Waals surface area contributed by atoms with Crippen LogP contribution in [0.4, 0.5) is 19.0 Å². The smallest absolute Gasteiger partial charge is 0.367 e. The van der Waals surface area contributed by atoms with E-state index in [4.69, 9.17) is 0 Å². The van der Waals surface area contributed by atoms with Crippen molar-refractivity contribution in [3.8, 4) is 0 Å². The molecule has 0 radical (unpaired) electrons. The summed E-state index contributed by atoms with van der Waals surface area (Å²) in [5, 5.41) is 14.6. The summed E-state index contributed by atoms with van der Waals surface area (Å²) in [7, 11) is 0. The van der Waals surface area contributed by atoms with Crippen molar-refractivity contribution in [1.29, 1.82) is 0 Å². The van der Waals surface area contributed by atoms with Gasteiger partial charge in [0.15, 0.2) is 5.65 Å². The number of hydrogen-bond acceptors (Lipinski definition) is 5. The fourth-order valence-corrected chi connectivity index (χ4v) is 3.69. The molecule has 3 rings (SSSR count). The van der Waals surface area contributed by atoms with Gasteiger partial charge in [-0.05, 0) is 38.0 Å². The minimum Gasteiger partial charge on any atom is -0.367 e. The second-order valence-electron chi connectivity index (χ2n) is 5.37. The second-order valence-corrected chi connectivity index (χ2v) is 6.78. The maximum atomic E-state index is 13.0. The van der Waals surface area contributed by atoms with Crippen molar-refractivity contribution in [3.05, 3.63) is 17.0 Å². The number of hydrogen-bond donors (Lipinski definition) is 1. The Hall–Kier alpha value is -1.51. The lowest BCUT2D eigenvalue weighted by Gasteiger charge is -2.14. The van der Waals surface area contributed by atoms with Crippen LogP contribution in [0.1, 0.15) is 29.8 Å². The van der Waals surface area contributed by atoms with Crippen LogP contribution in [0.5, 0.6) is 0 Å². The standard InChI is InChI=1S/C13H16F3N5S/c1-7-8(2)11-18-19-12(13(14,15)16)21(11)20-10(7)17-6-9-4-3-5-22-9/h9H,3-6H2,1-2H3,(H,17,20)/t9-/m1/s1. The highest BCUT2D eigenvalue weighted by Crippen LogP contribution is 2.30. The highest BCUT2D eigenvalue weighted by Gasteiger charge is 2.38. The molecule has 1 N–H and O–H groups in total. The summed E-state index contributed by atoms with van der Waals surface area (Å²) < 4.78 is 39.7. The molecule has 1 saturated heterocycles. The number of nitrogens with one attached hydrogen (secondary N) is 1. The quantitative estimate of drug-likeness (QED) is 0.937. The average molecular weight is 331 g/mol. The first kappa shape index (κ1) is 15.4. The molecule has 0 unspecified atom stereocenters. The molecular weight excluding hydrogens is 315 g/mol. The molecule has 0 amide bonds. The molecule has 120 valence electrons. The van der Waals surface area contributed by atoms with Crippen molar-refractivity contribution >= 4 is 23.2 Å². The number of nitrogens with zero attached hydrogens (tertiary/aromatic N) is 4. The lowest BCUT2D eigenvalue weighted by atomic mass is 10.2. The van der Waals surface area contributed by atoms with E-state index in [2.05, 4.69) is 20.6 Å². The predicted octanol–water partition coefficient (Wildman–Crippen LogP) is 3.07. The fraction of sp³-hybridized carbons (Fsp3) is 0.615. The van der Waals surface area contributed by atoms with Gasteiger partial charge in [0.1, 0.15) is 5.82 Å². The third kappa shape index (κ3) is 2.73. The molecule has 0 saturated carbocycles. The van der Waals surface area contributed by atoms with Gasteiger partial charge in [0.25, 0.3) is 5.82 Å². The van der Waals surface area contributed by atoms with E-state index in [-0.39, 0.29) is 5.65 Å². The van der Waals surface area contributed by atoms with Gasteiger partial charge >= 0.3 is 6.18 Å². The van der Waals surface area contributed by atoms with Crippen LogP contribution in [0.15, 0.2) is 0 Å². The van der Waals surface area contributed by atoms with Gasteiger partial charge < -0.3 is 5.32 Å². The van der Waals surface area contributed by atoms with E-state index in [0.29, 0.717) is 23.2 Å². The highest BCUT2D eigenvalue weighted by atomic mass is 32.2. The third-order valence-corrected chi connectivity index (χ3v) is 5.27. The van der Waals surface area contributed by atoms with Gasteiger partial charge in [0.2, 0.25) is 0 Å². The van der Waals surface area contributed by atoms with Crippen LogP contribution in [0.2, 0.25) is 0 Å². The molecule has 0 aliphatic carbocycles. The topological polar surface area (TPSA) is 55.1 Å². The number of thioether (sulfide) groups is 1. The molecule has 0 spiro atoms. The molecule has 1 fully saturated rings. The van der Waals surface area contributed by atoms with E-state index >= 15 is 0 Å². The monoisotopic (exact) mass is 331 g/mol. The van der Waals surface area contributed by atoms with Crippen LogP contribution in [0.25, 0.3) is 5.65 Å². The van der Waals surface area contributed by atoms with Crippen LogP contribution in [0, 0.1) is 13.8 Å². The number of alkyl halides is 3. The zero-order chi connectivity index (χ0) is 15.9. The maximum Gasteiger partial charge on any atom is 0.453 e. The largest absolute Gasteiger partial charge is 0.453 e.